The van der Waals surface area contributed by atoms with Crippen LogP contribution in [0.15, 0.2) is 125 Å². The van der Waals surface area contributed by atoms with Crippen LogP contribution >= 0.6 is 0 Å². The molecule has 0 aromatic heterocycles. The Morgan fingerprint density at radius 3 is 2.68 bits per heavy atom. The fourth-order valence-electron chi connectivity index (χ4n) is 6.70. The van der Waals surface area contributed by atoms with Crippen LogP contribution in [0.3, 0.4) is 0 Å². The maximum Gasteiger partial charge on any atom is 0.0590 e. The topological polar surface area (TPSA) is 41.3 Å². The van der Waals surface area contributed by atoms with Crippen LogP contribution in [0.2, 0.25) is 0 Å². The summed E-state index contributed by atoms with van der Waals surface area (Å²) < 4.78 is 0. The van der Waals surface area contributed by atoms with E-state index in [2.05, 4.69) is 108 Å². The summed E-state index contributed by atoms with van der Waals surface area (Å²) in [6.45, 7) is 0. The van der Waals surface area contributed by atoms with E-state index in [1.165, 1.54) is 65.8 Å². The summed E-state index contributed by atoms with van der Waals surface area (Å²) in [4.78, 5) is 2.53. The standard InChI is InChI=1S/C35H41N3/c36-31(28-14-5-2-6-15-28)17-9-10-25-38-33-19-8-7-16-30(33)35-32(18-11-20-34(35)38)37-29-23-21-27(22-24-29)26-12-3-1-4-13-26/h1-5,9-10,12-14,16-17,20-21,23,25,27,29,31,33,37H,6-8,11,15,18-19,22,24,36H2/b17-9-,25-10+. The number of hydrogen-bond acceptors (Lipinski definition) is 3. The zero-order valence-corrected chi connectivity index (χ0v) is 22.4. The van der Waals surface area contributed by atoms with Crippen LogP contribution in [0.4, 0.5) is 0 Å². The lowest BCUT2D eigenvalue weighted by Crippen LogP contribution is -2.31. The molecule has 38 heavy (non-hydrogen) atoms. The van der Waals surface area contributed by atoms with Crippen molar-refractivity contribution < 1.29 is 0 Å². The minimum absolute atomic E-state index is 0.00138. The molecule has 4 atom stereocenters. The summed E-state index contributed by atoms with van der Waals surface area (Å²) in [6, 6.07) is 11.8. The highest BCUT2D eigenvalue weighted by Crippen LogP contribution is 2.46. The maximum atomic E-state index is 6.43. The summed E-state index contributed by atoms with van der Waals surface area (Å²) >= 11 is 0. The van der Waals surface area contributed by atoms with E-state index >= 15 is 0 Å². The van der Waals surface area contributed by atoms with Crippen LogP contribution in [0, 0.1) is 0 Å². The molecule has 5 aliphatic rings. The molecule has 0 bridgehead atoms. The number of fused-ring (bicyclic) bond motifs is 3. The molecule has 0 spiro atoms. The predicted octanol–water partition coefficient (Wildman–Crippen LogP) is 7.48. The minimum atomic E-state index is -0.00138. The highest BCUT2D eigenvalue weighted by Gasteiger charge is 2.39. The first-order chi connectivity index (χ1) is 18.8. The molecule has 1 saturated heterocycles. The van der Waals surface area contributed by atoms with Gasteiger partial charge < -0.3 is 16.0 Å². The van der Waals surface area contributed by atoms with Gasteiger partial charge in [0.15, 0.2) is 0 Å². The molecule has 196 valence electrons. The van der Waals surface area contributed by atoms with Crippen molar-refractivity contribution >= 4 is 0 Å². The molecule has 4 aliphatic carbocycles. The van der Waals surface area contributed by atoms with Gasteiger partial charge in [-0.3, -0.25) is 0 Å². The van der Waals surface area contributed by atoms with Crippen LogP contribution < -0.4 is 11.1 Å². The Balaban J connectivity index is 1.18. The third-order valence-corrected chi connectivity index (χ3v) is 8.70. The largest absolute Gasteiger partial charge is 0.382 e. The minimum Gasteiger partial charge on any atom is -0.382 e. The number of allylic oxidation sites excluding steroid dienone is 10. The molecule has 1 heterocycles. The van der Waals surface area contributed by atoms with Crippen molar-refractivity contribution in [3.8, 4) is 0 Å². The van der Waals surface area contributed by atoms with E-state index in [0.29, 0.717) is 18.0 Å². The number of rotatable bonds is 7. The van der Waals surface area contributed by atoms with Gasteiger partial charge >= 0.3 is 0 Å². The number of nitrogens with one attached hydrogen (secondary N) is 1. The molecule has 1 aromatic rings. The fourth-order valence-corrected chi connectivity index (χ4v) is 6.70. The fraction of sp³-hybridized carbons (Fsp3) is 0.371. The number of hydrogen-bond donors (Lipinski definition) is 2. The third-order valence-electron chi connectivity index (χ3n) is 8.70. The highest BCUT2D eigenvalue weighted by molar-refractivity contribution is 5.59. The average Bonchev–Trinajstić information content (AvgIpc) is 3.31. The van der Waals surface area contributed by atoms with Gasteiger partial charge in [-0.2, -0.15) is 0 Å². The van der Waals surface area contributed by atoms with Gasteiger partial charge in [0.05, 0.1) is 6.04 Å². The molecule has 4 unspecified atom stereocenters. The Kier molecular flexibility index (Phi) is 7.64. The number of likely N-dealkylation sites (tertiary alicyclic amines) is 1. The van der Waals surface area contributed by atoms with Gasteiger partial charge in [0.25, 0.3) is 0 Å². The van der Waals surface area contributed by atoms with E-state index < -0.39 is 0 Å². The van der Waals surface area contributed by atoms with E-state index in [-0.39, 0.29) is 6.04 Å². The van der Waals surface area contributed by atoms with E-state index in [0.717, 1.165) is 25.7 Å². The monoisotopic (exact) mass is 503 g/mol. The smallest absolute Gasteiger partial charge is 0.0590 e. The quantitative estimate of drug-likeness (QED) is 0.299. The van der Waals surface area contributed by atoms with E-state index in [1.54, 1.807) is 0 Å². The van der Waals surface area contributed by atoms with Crippen LogP contribution in [-0.2, 0) is 0 Å². The van der Waals surface area contributed by atoms with Crippen LogP contribution in [0.25, 0.3) is 0 Å². The summed E-state index contributed by atoms with van der Waals surface area (Å²) in [5.41, 5.74) is 15.0. The third kappa shape index (κ3) is 5.31. The Hall–Kier alpha value is -3.30. The van der Waals surface area contributed by atoms with Gasteiger partial charge in [-0.1, -0.05) is 85.0 Å². The molecule has 0 saturated carbocycles. The molecule has 0 radical (unpaired) electrons. The molecular formula is C35H41N3. The zero-order chi connectivity index (χ0) is 25.7. The van der Waals surface area contributed by atoms with Gasteiger partial charge in [0.2, 0.25) is 0 Å². The Morgan fingerprint density at radius 2 is 1.87 bits per heavy atom. The van der Waals surface area contributed by atoms with Crippen molar-refractivity contribution in [1.29, 1.82) is 0 Å². The second kappa shape index (κ2) is 11.6. The zero-order valence-electron chi connectivity index (χ0n) is 22.4. The normalized spacial score (nSPS) is 27.8. The molecule has 3 N–H and O–H groups in total. The van der Waals surface area contributed by atoms with Gasteiger partial charge in [0.1, 0.15) is 0 Å². The van der Waals surface area contributed by atoms with Crippen molar-refractivity contribution in [2.45, 2.75) is 81.8 Å². The van der Waals surface area contributed by atoms with Gasteiger partial charge in [-0.25, -0.2) is 0 Å². The van der Waals surface area contributed by atoms with Gasteiger partial charge in [-0.05, 0) is 80.6 Å². The van der Waals surface area contributed by atoms with Gasteiger partial charge in [-0.15, -0.1) is 0 Å². The molecule has 3 heteroatoms. The van der Waals surface area contributed by atoms with E-state index in [4.69, 9.17) is 5.73 Å². The summed E-state index contributed by atoms with van der Waals surface area (Å²) in [6.07, 6.45) is 35.4. The summed E-state index contributed by atoms with van der Waals surface area (Å²) in [7, 11) is 0. The Labute approximate surface area is 228 Å². The Bertz CT molecular complexity index is 1250. The predicted molar refractivity (Wildman–Crippen MR) is 159 cm³/mol. The second-order valence-corrected chi connectivity index (χ2v) is 11.2. The summed E-state index contributed by atoms with van der Waals surface area (Å²) in [5, 5.41) is 3.99. The van der Waals surface area contributed by atoms with Crippen LogP contribution in [-0.4, -0.2) is 23.0 Å². The molecular weight excluding hydrogens is 462 g/mol. The van der Waals surface area contributed by atoms with E-state index in [9.17, 15) is 0 Å². The first-order valence-corrected chi connectivity index (χ1v) is 14.7. The first-order valence-electron chi connectivity index (χ1n) is 14.7. The lowest BCUT2D eigenvalue weighted by Gasteiger charge is -2.28. The molecule has 1 fully saturated rings. The maximum absolute atomic E-state index is 6.43. The number of benzene rings is 1. The SMILES string of the molecule is NC(/C=C\C=C\N1C2=CCCC(NC3C=CC(c4ccccc4)CC3)=C2C2=CCCCC21)C1=CC=CCC1. The van der Waals surface area contributed by atoms with E-state index in [1.807, 2.05) is 0 Å². The van der Waals surface area contributed by atoms with Crippen molar-refractivity contribution in [1.82, 2.24) is 10.2 Å². The van der Waals surface area contributed by atoms with Crippen LogP contribution in [0.1, 0.15) is 69.3 Å². The molecule has 3 nitrogen and oxygen atoms in total. The van der Waals surface area contributed by atoms with Crippen LogP contribution in [0.5, 0.6) is 0 Å². The first kappa shape index (κ1) is 25.0. The van der Waals surface area contributed by atoms with Gasteiger partial charge in [0, 0.05) is 41.2 Å². The lowest BCUT2D eigenvalue weighted by atomic mass is 9.86. The van der Waals surface area contributed by atoms with Crippen molar-refractivity contribution in [3.05, 3.63) is 131 Å². The van der Waals surface area contributed by atoms with Crippen molar-refractivity contribution in [3.63, 3.8) is 0 Å². The van der Waals surface area contributed by atoms with Crippen molar-refractivity contribution in [2.75, 3.05) is 0 Å². The molecule has 0 amide bonds. The second-order valence-electron chi connectivity index (χ2n) is 11.2. The molecule has 1 aliphatic heterocycles. The lowest BCUT2D eigenvalue weighted by molar-refractivity contribution is 0.384. The highest BCUT2D eigenvalue weighted by atomic mass is 15.2. The Morgan fingerprint density at radius 1 is 0.947 bits per heavy atom. The average molecular weight is 504 g/mol. The van der Waals surface area contributed by atoms with Crippen molar-refractivity contribution in [2.24, 2.45) is 5.73 Å². The number of nitrogens with zero attached hydrogens (tertiary/aromatic N) is 1. The molecule has 1 aromatic carbocycles. The number of nitrogens with two attached hydrogens (primary N) is 1. The summed E-state index contributed by atoms with van der Waals surface area (Å²) in [5.74, 6) is 0.540. The molecule has 6 rings (SSSR count).